The Bertz CT molecular complexity index is 1220. The summed E-state index contributed by atoms with van der Waals surface area (Å²) in [5, 5.41) is 5.07. The SMILES string of the molecule is CCOC(=O)c1nn(-c2ccc(Cl)cc2)c2c1CN(S(=O)(=O)c1ccc(Br)cc1)CC2. The Hall–Kier alpha value is -2.20. The van der Waals surface area contributed by atoms with E-state index < -0.39 is 16.0 Å². The highest BCUT2D eigenvalue weighted by Gasteiger charge is 2.34. The summed E-state index contributed by atoms with van der Waals surface area (Å²) in [6.07, 6.45) is 0.403. The molecule has 162 valence electrons. The average Bonchev–Trinajstić information content (AvgIpc) is 3.14. The fourth-order valence-electron chi connectivity index (χ4n) is 3.51. The number of aromatic nitrogens is 2. The van der Waals surface area contributed by atoms with Crippen molar-refractivity contribution in [2.75, 3.05) is 13.2 Å². The molecule has 0 amide bonds. The van der Waals surface area contributed by atoms with Crippen LogP contribution in [0.2, 0.25) is 5.02 Å². The van der Waals surface area contributed by atoms with Crippen LogP contribution in [-0.4, -0.2) is 41.6 Å². The molecule has 0 spiro atoms. The first-order chi connectivity index (χ1) is 14.8. The Morgan fingerprint density at radius 1 is 1.16 bits per heavy atom. The van der Waals surface area contributed by atoms with Gasteiger partial charge in [-0.25, -0.2) is 17.9 Å². The number of hydrogen-bond acceptors (Lipinski definition) is 5. The number of ether oxygens (including phenoxy) is 1. The summed E-state index contributed by atoms with van der Waals surface area (Å²) >= 11 is 9.32. The van der Waals surface area contributed by atoms with Crippen LogP contribution < -0.4 is 0 Å². The van der Waals surface area contributed by atoms with Crippen molar-refractivity contribution >= 4 is 43.5 Å². The Balaban J connectivity index is 1.76. The minimum atomic E-state index is -3.73. The molecular formula is C21H19BrClN3O4S. The van der Waals surface area contributed by atoms with Gasteiger partial charge in [-0.15, -0.1) is 0 Å². The van der Waals surface area contributed by atoms with E-state index in [0.717, 1.165) is 15.9 Å². The number of carbonyl (C=O) groups is 1. The minimum absolute atomic E-state index is 0.0372. The van der Waals surface area contributed by atoms with Gasteiger partial charge in [0, 0.05) is 34.6 Å². The van der Waals surface area contributed by atoms with Gasteiger partial charge in [-0.05, 0) is 55.5 Å². The van der Waals surface area contributed by atoms with Crippen LogP contribution in [0.15, 0.2) is 57.9 Å². The van der Waals surface area contributed by atoms with Crippen LogP contribution in [-0.2, 0) is 27.7 Å². The van der Waals surface area contributed by atoms with Crippen molar-refractivity contribution in [1.29, 1.82) is 0 Å². The molecule has 1 aliphatic heterocycles. The summed E-state index contributed by atoms with van der Waals surface area (Å²) in [5.41, 5.74) is 2.20. The zero-order valence-corrected chi connectivity index (χ0v) is 19.7. The maximum atomic E-state index is 13.2. The highest BCUT2D eigenvalue weighted by Crippen LogP contribution is 2.30. The Morgan fingerprint density at radius 2 is 1.84 bits per heavy atom. The predicted molar refractivity (Wildman–Crippen MR) is 120 cm³/mol. The number of nitrogens with zero attached hydrogens (tertiary/aromatic N) is 3. The molecular weight excluding hydrogens is 506 g/mol. The minimum Gasteiger partial charge on any atom is -0.461 e. The van der Waals surface area contributed by atoms with Gasteiger partial charge in [-0.1, -0.05) is 27.5 Å². The molecule has 4 rings (SSSR count). The molecule has 3 aromatic rings. The van der Waals surface area contributed by atoms with Crippen molar-refractivity contribution in [2.24, 2.45) is 0 Å². The van der Waals surface area contributed by atoms with E-state index in [1.165, 1.54) is 4.31 Å². The summed E-state index contributed by atoms with van der Waals surface area (Å²) in [7, 11) is -3.73. The summed E-state index contributed by atoms with van der Waals surface area (Å²) in [5.74, 6) is -0.575. The van der Waals surface area contributed by atoms with E-state index in [1.807, 2.05) is 0 Å². The number of sulfonamides is 1. The van der Waals surface area contributed by atoms with Crippen molar-refractivity contribution in [3.8, 4) is 5.69 Å². The molecule has 0 unspecified atom stereocenters. The van der Waals surface area contributed by atoms with Gasteiger partial charge < -0.3 is 4.74 Å². The molecule has 0 atom stereocenters. The van der Waals surface area contributed by atoms with Gasteiger partial charge in [0.2, 0.25) is 10.0 Å². The van der Waals surface area contributed by atoms with Gasteiger partial charge in [-0.2, -0.15) is 9.40 Å². The van der Waals surface area contributed by atoms with E-state index >= 15 is 0 Å². The first kappa shape index (κ1) is 22.0. The van der Waals surface area contributed by atoms with E-state index in [1.54, 1.807) is 60.1 Å². The largest absolute Gasteiger partial charge is 0.461 e. The molecule has 0 radical (unpaired) electrons. The Kier molecular flexibility index (Phi) is 6.20. The lowest BCUT2D eigenvalue weighted by atomic mass is 10.1. The lowest BCUT2D eigenvalue weighted by Gasteiger charge is -2.27. The van der Waals surface area contributed by atoms with Gasteiger partial charge in [0.15, 0.2) is 5.69 Å². The molecule has 0 aliphatic carbocycles. The van der Waals surface area contributed by atoms with E-state index in [4.69, 9.17) is 16.3 Å². The second-order valence-electron chi connectivity index (χ2n) is 6.93. The first-order valence-electron chi connectivity index (χ1n) is 9.61. The van der Waals surface area contributed by atoms with E-state index in [0.29, 0.717) is 17.0 Å². The molecule has 2 aromatic carbocycles. The fraction of sp³-hybridized carbons (Fsp3) is 0.238. The average molecular weight is 525 g/mol. The predicted octanol–water partition coefficient (Wildman–Crippen LogP) is 4.21. The molecule has 7 nitrogen and oxygen atoms in total. The number of benzene rings is 2. The number of halogens is 2. The van der Waals surface area contributed by atoms with Crippen LogP contribution in [0.4, 0.5) is 0 Å². The maximum absolute atomic E-state index is 13.2. The van der Waals surface area contributed by atoms with Crippen molar-refractivity contribution in [2.45, 2.75) is 24.8 Å². The van der Waals surface area contributed by atoms with E-state index in [-0.39, 0.29) is 30.3 Å². The summed E-state index contributed by atoms with van der Waals surface area (Å²) < 4.78 is 35.4. The van der Waals surface area contributed by atoms with Crippen molar-refractivity contribution < 1.29 is 17.9 Å². The lowest BCUT2D eigenvalue weighted by Crippen LogP contribution is -2.36. The number of rotatable bonds is 5. The lowest BCUT2D eigenvalue weighted by molar-refractivity contribution is 0.0517. The second kappa shape index (κ2) is 8.74. The Labute approximate surface area is 193 Å². The Morgan fingerprint density at radius 3 is 2.48 bits per heavy atom. The van der Waals surface area contributed by atoms with Gasteiger partial charge in [-0.3, -0.25) is 0 Å². The van der Waals surface area contributed by atoms with Crippen LogP contribution in [0.3, 0.4) is 0 Å². The molecule has 0 bridgehead atoms. The molecule has 1 aliphatic rings. The van der Waals surface area contributed by atoms with Gasteiger partial charge in [0.1, 0.15) is 0 Å². The number of fused-ring (bicyclic) bond motifs is 1. The quantitative estimate of drug-likeness (QED) is 0.467. The van der Waals surface area contributed by atoms with Crippen molar-refractivity contribution in [1.82, 2.24) is 14.1 Å². The van der Waals surface area contributed by atoms with Crippen LogP contribution in [0.1, 0.15) is 28.7 Å². The topological polar surface area (TPSA) is 81.5 Å². The van der Waals surface area contributed by atoms with Crippen molar-refractivity contribution in [3.05, 3.63) is 75.0 Å². The van der Waals surface area contributed by atoms with Crippen LogP contribution >= 0.6 is 27.5 Å². The maximum Gasteiger partial charge on any atom is 0.359 e. The third-order valence-corrected chi connectivity index (χ3v) is 7.65. The first-order valence-corrected chi connectivity index (χ1v) is 12.2. The summed E-state index contributed by atoms with van der Waals surface area (Å²) in [4.78, 5) is 12.8. The van der Waals surface area contributed by atoms with E-state index in [2.05, 4.69) is 21.0 Å². The van der Waals surface area contributed by atoms with Gasteiger partial charge in [0.05, 0.1) is 22.9 Å². The van der Waals surface area contributed by atoms with Crippen LogP contribution in [0.5, 0.6) is 0 Å². The standard InChI is InChI=1S/C21H19BrClN3O4S/c1-2-30-21(27)20-18-13-25(31(28,29)17-9-3-14(22)4-10-17)12-11-19(18)26(24-20)16-7-5-15(23)6-8-16/h3-10H,2,11-13H2,1H3. The van der Waals surface area contributed by atoms with Crippen LogP contribution in [0, 0.1) is 0 Å². The zero-order chi connectivity index (χ0) is 22.2. The number of carbonyl (C=O) groups excluding carboxylic acids is 1. The van der Waals surface area contributed by atoms with E-state index in [9.17, 15) is 13.2 Å². The normalized spacial score (nSPS) is 14.3. The monoisotopic (exact) mass is 523 g/mol. The molecule has 0 saturated heterocycles. The second-order valence-corrected chi connectivity index (χ2v) is 10.2. The van der Waals surface area contributed by atoms with Crippen LogP contribution in [0.25, 0.3) is 5.69 Å². The van der Waals surface area contributed by atoms with Gasteiger partial charge >= 0.3 is 5.97 Å². The van der Waals surface area contributed by atoms with Crippen molar-refractivity contribution in [3.63, 3.8) is 0 Å². The molecule has 10 heteroatoms. The molecule has 2 heterocycles. The highest BCUT2D eigenvalue weighted by molar-refractivity contribution is 9.10. The van der Waals surface area contributed by atoms with Gasteiger partial charge in [0.25, 0.3) is 0 Å². The molecule has 31 heavy (non-hydrogen) atoms. The highest BCUT2D eigenvalue weighted by atomic mass is 79.9. The molecule has 0 saturated carbocycles. The molecule has 0 fully saturated rings. The fourth-order valence-corrected chi connectivity index (χ4v) is 5.31. The summed E-state index contributed by atoms with van der Waals surface area (Å²) in [6, 6.07) is 13.6. The third kappa shape index (κ3) is 4.27. The zero-order valence-electron chi connectivity index (χ0n) is 16.6. The third-order valence-electron chi connectivity index (χ3n) is 5.01. The molecule has 0 N–H and O–H groups in total. The smallest absolute Gasteiger partial charge is 0.359 e. The number of esters is 1. The number of hydrogen-bond donors (Lipinski definition) is 0. The molecule has 1 aromatic heterocycles. The summed E-state index contributed by atoms with van der Waals surface area (Å²) in [6.45, 7) is 2.22.